The Morgan fingerprint density at radius 2 is 1.56 bits per heavy atom. The molecule has 162 valence electrons. The predicted molar refractivity (Wildman–Crippen MR) is 134 cm³/mol. The smallest absolute Gasteiger partial charge is 0.253 e. The fourth-order valence-corrected chi connectivity index (χ4v) is 4.02. The average Bonchev–Trinajstić information content (AvgIpc) is 2.83. The fourth-order valence-electron chi connectivity index (χ4n) is 4.02. The van der Waals surface area contributed by atoms with Crippen LogP contribution in [0.5, 0.6) is 0 Å². The number of aryl methyl sites for hydroxylation is 1. The van der Waals surface area contributed by atoms with Crippen LogP contribution in [0, 0.1) is 6.92 Å². The van der Waals surface area contributed by atoms with Gasteiger partial charge in [0.15, 0.2) is 0 Å². The van der Waals surface area contributed by atoms with Gasteiger partial charge in [0, 0.05) is 25.7 Å². The first-order valence-electron chi connectivity index (χ1n) is 11.2. The largest absolute Gasteiger partial charge is 0.337 e. The third-order valence-corrected chi connectivity index (χ3v) is 5.89. The minimum absolute atomic E-state index is 0.0289. The van der Waals surface area contributed by atoms with Crippen molar-refractivity contribution in [1.82, 2.24) is 10.2 Å². The highest BCUT2D eigenvalue weighted by Gasteiger charge is 2.14. The summed E-state index contributed by atoms with van der Waals surface area (Å²) in [6.07, 6.45) is 0. The highest BCUT2D eigenvalue weighted by molar-refractivity contribution is 5.95. The number of carbonyl (C=O) groups excluding carboxylic acids is 1. The second kappa shape index (κ2) is 9.80. The maximum atomic E-state index is 13.1. The molecule has 0 aliphatic rings. The highest BCUT2D eigenvalue weighted by Crippen LogP contribution is 2.23. The molecule has 4 rings (SSSR count). The summed E-state index contributed by atoms with van der Waals surface area (Å²) < 4.78 is 0. The zero-order valence-corrected chi connectivity index (χ0v) is 19.1. The topological polar surface area (TPSA) is 32.3 Å². The van der Waals surface area contributed by atoms with Crippen molar-refractivity contribution in [3.05, 3.63) is 107 Å². The zero-order chi connectivity index (χ0) is 22.5. The van der Waals surface area contributed by atoms with E-state index >= 15 is 0 Å². The summed E-state index contributed by atoms with van der Waals surface area (Å²) in [6.45, 7) is 6.59. The third-order valence-electron chi connectivity index (χ3n) is 5.89. The van der Waals surface area contributed by atoms with E-state index in [1.165, 1.54) is 21.9 Å². The number of amides is 1. The quantitative estimate of drug-likeness (QED) is 0.385. The number of benzene rings is 4. The molecule has 32 heavy (non-hydrogen) atoms. The van der Waals surface area contributed by atoms with Crippen molar-refractivity contribution in [3.8, 4) is 11.1 Å². The molecule has 0 radical (unpaired) electrons. The first-order chi connectivity index (χ1) is 15.5. The van der Waals surface area contributed by atoms with E-state index in [1.807, 2.05) is 31.3 Å². The molecule has 4 aromatic rings. The molecule has 4 aromatic carbocycles. The monoisotopic (exact) mass is 422 g/mol. The second-order valence-electron chi connectivity index (χ2n) is 8.36. The Balaban J connectivity index is 1.49. The Kier molecular flexibility index (Phi) is 6.67. The minimum atomic E-state index is 0.0289. The van der Waals surface area contributed by atoms with Crippen LogP contribution in [0.3, 0.4) is 0 Å². The Bertz CT molecular complexity index is 1210. The number of hydrogen-bond acceptors (Lipinski definition) is 2. The van der Waals surface area contributed by atoms with Gasteiger partial charge < -0.3 is 10.2 Å². The van der Waals surface area contributed by atoms with Crippen molar-refractivity contribution >= 4 is 16.7 Å². The van der Waals surface area contributed by atoms with Crippen LogP contribution in [0.4, 0.5) is 0 Å². The second-order valence-corrected chi connectivity index (χ2v) is 8.36. The zero-order valence-electron chi connectivity index (χ0n) is 19.1. The van der Waals surface area contributed by atoms with Crippen molar-refractivity contribution in [2.45, 2.75) is 26.9 Å². The van der Waals surface area contributed by atoms with E-state index in [4.69, 9.17) is 0 Å². The Morgan fingerprint density at radius 1 is 0.875 bits per heavy atom. The molecule has 0 aliphatic carbocycles. The van der Waals surface area contributed by atoms with Crippen molar-refractivity contribution in [1.29, 1.82) is 0 Å². The van der Waals surface area contributed by atoms with Crippen LogP contribution in [0.2, 0.25) is 0 Å². The van der Waals surface area contributed by atoms with E-state index in [0.717, 1.165) is 29.8 Å². The van der Waals surface area contributed by atoms with Crippen LogP contribution < -0.4 is 5.32 Å². The predicted octanol–water partition coefficient (Wildman–Crippen LogP) is 6.20. The summed E-state index contributed by atoms with van der Waals surface area (Å²) in [4.78, 5) is 14.9. The van der Waals surface area contributed by atoms with E-state index in [9.17, 15) is 4.79 Å². The summed E-state index contributed by atoms with van der Waals surface area (Å²) in [5.74, 6) is 0.0289. The van der Waals surface area contributed by atoms with E-state index in [0.29, 0.717) is 12.1 Å². The third kappa shape index (κ3) is 4.90. The summed E-state index contributed by atoms with van der Waals surface area (Å²) in [5.41, 5.74) is 6.65. The van der Waals surface area contributed by atoms with Crippen LogP contribution >= 0.6 is 0 Å². The van der Waals surface area contributed by atoms with Crippen molar-refractivity contribution < 1.29 is 4.79 Å². The normalized spacial score (nSPS) is 11.0. The van der Waals surface area contributed by atoms with Gasteiger partial charge in [-0.1, -0.05) is 79.2 Å². The van der Waals surface area contributed by atoms with E-state index in [2.05, 4.69) is 79.8 Å². The van der Waals surface area contributed by atoms with Gasteiger partial charge in [-0.25, -0.2) is 0 Å². The number of fused-ring (bicyclic) bond motifs is 1. The summed E-state index contributed by atoms with van der Waals surface area (Å²) in [6, 6.07) is 29.2. The van der Waals surface area contributed by atoms with Gasteiger partial charge in [-0.05, 0) is 64.7 Å². The maximum absolute atomic E-state index is 13.1. The van der Waals surface area contributed by atoms with E-state index < -0.39 is 0 Å². The van der Waals surface area contributed by atoms with Crippen LogP contribution in [0.25, 0.3) is 21.9 Å². The van der Waals surface area contributed by atoms with Crippen LogP contribution in [-0.2, 0) is 13.1 Å². The molecule has 0 fully saturated rings. The molecule has 0 unspecified atom stereocenters. The van der Waals surface area contributed by atoms with Gasteiger partial charge >= 0.3 is 0 Å². The number of carbonyl (C=O) groups is 1. The summed E-state index contributed by atoms with van der Waals surface area (Å²) in [5, 5.41) is 5.78. The first-order valence-corrected chi connectivity index (χ1v) is 11.2. The van der Waals surface area contributed by atoms with E-state index in [1.54, 1.807) is 4.90 Å². The lowest BCUT2D eigenvalue weighted by atomic mass is 10.0. The Morgan fingerprint density at radius 3 is 2.25 bits per heavy atom. The molecule has 0 saturated heterocycles. The van der Waals surface area contributed by atoms with Gasteiger partial charge in [0.25, 0.3) is 5.91 Å². The number of nitrogens with zero attached hydrogens (tertiary/aromatic N) is 1. The highest BCUT2D eigenvalue weighted by atomic mass is 16.2. The molecule has 0 aliphatic heterocycles. The molecule has 0 bridgehead atoms. The fraction of sp³-hybridized carbons (Fsp3) is 0.207. The number of nitrogens with one attached hydrogen (secondary N) is 1. The molecule has 0 aromatic heterocycles. The molecule has 1 amide bonds. The molecular formula is C29H30N2O. The van der Waals surface area contributed by atoms with Crippen LogP contribution in [-0.4, -0.2) is 24.4 Å². The molecule has 0 spiro atoms. The SMILES string of the molecule is CCNCc1ccc2c(CN(C)C(=O)c3ccc(-c4ccc(C)cc4)cc3)cccc2c1. The standard InChI is InChI=1S/C29H30N2O/c1-4-30-19-22-10-17-28-26(18-22)6-5-7-27(28)20-31(3)29(32)25-15-13-24(14-16-25)23-11-8-21(2)9-12-23/h5-18,30H,4,19-20H2,1-3H3. The van der Waals surface area contributed by atoms with Crippen LogP contribution in [0.1, 0.15) is 34.0 Å². The number of hydrogen-bond donors (Lipinski definition) is 1. The van der Waals surface area contributed by atoms with Gasteiger partial charge in [-0.2, -0.15) is 0 Å². The van der Waals surface area contributed by atoms with Crippen molar-refractivity contribution in [2.75, 3.05) is 13.6 Å². The van der Waals surface area contributed by atoms with Gasteiger partial charge in [-0.15, -0.1) is 0 Å². The molecule has 3 nitrogen and oxygen atoms in total. The molecule has 0 heterocycles. The Hall–Kier alpha value is -3.43. The Labute approximate surface area is 190 Å². The molecule has 1 N–H and O–H groups in total. The molecule has 0 atom stereocenters. The lowest BCUT2D eigenvalue weighted by molar-refractivity contribution is 0.0785. The lowest BCUT2D eigenvalue weighted by Gasteiger charge is -2.19. The van der Waals surface area contributed by atoms with Crippen molar-refractivity contribution in [3.63, 3.8) is 0 Å². The van der Waals surface area contributed by atoms with E-state index in [-0.39, 0.29) is 5.91 Å². The first kappa shape index (κ1) is 21.8. The van der Waals surface area contributed by atoms with Gasteiger partial charge in [0.1, 0.15) is 0 Å². The van der Waals surface area contributed by atoms with Crippen LogP contribution in [0.15, 0.2) is 84.9 Å². The molecule has 3 heteroatoms. The molecular weight excluding hydrogens is 392 g/mol. The summed E-state index contributed by atoms with van der Waals surface area (Å²) >= 11 is 0. The lowest BCUT2D eigenvalue weighted by Crippen LogP contribution is -2.26. The van der Waals surface area contributed by atoms with Gasteiger partial charge in [-0.3, -0.25) is 4.79 Å². The van der Waals surface area contributed by atoms with Gasteiger partial charge in [0.2, 0.25) is 0 Å². The molecule has 0 saturated carbocycles. The average molecular weight is 423 g/mol. The van der Waals surface area contributed by atoms with Gasteiger partial charge in [0.05, 0.1) is 0 Å². The minimum Gasteiger partial charge on any atom is -0.337 e. The maximum Gasteiger partial charge on any atom is 0.253 e. The number of rotatable bonds is 7. The summed E-state index contributed by atoms with van der Waals surface area (Å²) in [7, 11) is 1.87. The van der Waals surface area contributed by atoms with Crippen molar-refractivity contribution in [2.24, 2.45) is 0 Å².